The number of carbonyl (C=O) groups excluding carboxylic acids is 2. The minimum Gasteiger partial charge on any atom is -0.493 e. The number of benzene rings is 3. The molecule has 1 saturated heterocycles. The highest BCUT2D eigenvalue weighted by atomic mass is 35.5. The molecule has 1 aliphatic heterocycles. The predicted octanol–water partition coefficient (Wildman–Crippen LogP) is 8.19. The molecule has 0 radical (unpaired) electrons. The molecule has 56 heavy (non-hydrogen) atoms. The summed E-state index contributed by atoms with van der Waals surface area (Å²) in [7, 11) is 1.68. The lowest BCUT2D eigenvalue weighted by molar-refractivity contribution is -0.145. The molecule has 4 atom stereocenters. The smallest absolute Gasteiger partial charge is 0.407 e. The van der Waals surface area contributed by atoms with Gasteiger partial charge in [-0.2, -0.15) is 0 Å². The Morgan fingerprint density at radius 2 is 1.59 bits per heavy atom. The number of rotatable bonds is 19. The van der Waals surface area contributed by atoms with Crippen molar-refractivity contribution in [1.29, 1.82) is 0 Å². The van der Waals surface area contributed by atoms with Crippen LogP contribution in [0.5, 0.6) is 17.2 Å². The first-order valence-electron chi connectivity index (χ1n) is 19.5. The van der Waals surface area contributed by atoms with Gasteiger partial charge in [-0.1, -0.05) is 41.4 Å². The highest BCUT2D eigenvalue weighted by molar-refractivity contribution is 6.37. The molecule has 0 aromatic heterocycles. The van der Waals surface area contributed by atoms with E-state index in [1.807, 2.05) is 55.1 Å². The number of nitrogens with zero attached hydrogens (tertiary/aromatic N) is 2. The summed E-state index contributed by atoms with van der Waals surface area (Å²) in [5, 5.41) is 10.9. The SMILES string of the molecule is CCOC(=O)[C@@H]1C[C@H]1COc1cc(CCCOC)cc(CN(C(=O)[C@H]2CN(C(=O)O)CC[C@@H]2c2ccc(OCCOc3c(Cl)cc(C)cc3Cl)cc2)C2CC2)c1. The highest BCUT2D eigenvalue weighted by Gasteiger charge is 2.45. The Morgan fingerprint density at radius 3 is 2.27 bits per heavy atom. The number of methoxy groups -OCH3 is 1. The Kier molecular flexibility index (Phi) is 14.3. The number of piperidine rings is 1. The van der Waals surface area contributed by atoms with Gasteiger partial charge in [0.25, 0.3) is 0 Å². The van der Waals surface area contributed by atoms with Gasteiger partial charge in [0.05, 0.1) is 35.1 Å². The average Bonchev–Trinajstić information content (AvgIpc) is 4.12. The Balaban J connectivity index is 1.14. The van der Waals surface area contributed by atoms with Crippen molar-refractivity contribution in [2.75, 3.05) is 53.2 Å². The monoisotopic (exact) mass is 810 g/mol. The minimum absolute atomic E-state index is 0.0446. The molecule has 13 heteroatoms. The minimum atomic E-state index is -1.02. The van der Waals surface area contributed by atoms with Gasteiger partial charge in [-0.15, -0.1) is 0 Å². The third-order valence-corrected chi connectivity index (χ3v) is 11.3. The molecule has 0 bridgehead atoms. The summed E-state index contributed by atoms with van der Waals surface area (Å²) in [4.78, 5) is 42.4. The van der Waals surface area contributed by atoms with Crippen LogP contribution in [0.2, 0.25) is 10.0 Å². The van der Waals surface area contributed by atoms with Crippen molar-refractivity contribution < 1.29 is 43.2 Å². The number of likely N-dealkylation sites (tertiary alicyclic amines) is 1. The molecule has 11 nitrogen and oxygen atoms in total. The maximum Gasteiger partial charge on any atom is 0.407 e. The molecular weight excluding hydrogens is 759 g/mol. The molecule has 2 aliphatic carbocycles. The third-order valence-electron chi connectivity index (χ3n) is 10.7. The van der Waals surface area contributed by atoms with Gasteiger partial charge in [0.1, 0.15) is 24.7 Å². The molecule has 3 aromatic rings. The maximum absolute atomic E-state index is 14.7. The molecule has 3 aliphatic rings. The van der Waals surface area contributed by atoms with Gasteiger partial charge >= 0.3 is 12.1 Å². The zero-order valence-electron chi connectivity index (χ0n) is 32.3. The lowest BCUT2D eigenvalue weighted by atomic mass is 9.79. The van der Waals surface area contributed by atoms with Gasteiger partial charge in [0.15, 0.2) is 5.75 Å². The van der Waals surface area contributed by atoms with Crippen LogP contribution in [0.15, 0.2) is 54.6 Å². The number of amides is 2. The van der Waals surface area contributed by atoms with E-state index in [2.05, 4.69) is 6.07 Å². The van der Waals surface area contributed by atoms with Crippen molar-refractivity contribution in [2.24, 2.45) is 17.8 Å². The number of halogens is 2. The van der Waals surface area contributed by atoms with E-state index in [9.17, 15) is 19.5 Å². The van der Waals surface area contributed by atoms with Gasteiger partial charge in [-0.25, -0.2) is 4.79 Å². The first kappa shape index (κ1) is 41.4. The number of carboxylic acid groups (broad SMARTS) is 1. The van der Waals surface area contributed by atoms with E-state index in [1.54, 1.807) is 19.2 Å². The van der Waals surface area contributed by atoms with E-state index in [4.69, 9.17) is 46.9 Å². The topological polar surface area (TPSA) is 124 Å². The summed E-state index contributed by atoms with van der Waals surface area (Å²) in [6.07, 6.45) is 3.67. The number of esters is 1. The van der Waals surface area contributed by atoms with Crippen molar-refractivity contribution in [3.8, 4) is 17.2 Å². The normalized spacial score (nSPS) is 20.3. The highest BCUT2D eigenvalue weighted by Crippen LogP contribution is 2.41. The summed E-state index contributed by atoms with van der Waals surface area (Å²) >= 11 is 12.6. The first-order valence-corrected chi connectivity index (χ1v) is 20.3. The molecule has 6 rings (SSSR count). The molecule has 2 amide bonds. The Labute approximate surface area is 339 Å². The summed E-state index contributed by atoms with van der Waals surface area (Å²) in [6, 6.07) is 17.5. The van der Waals surface area contributed by atoms with Gasteiger partial charge < -0.3 is 38.6 Å². The summed E-state index contributed by atoms with van der Waals surface area (Å²) < 4.78 is 28.5. The third kappa shape index (κ3) is 11.0. The van der Waals surface area contributed by atoms with Crippen LogP contribution in [0.25, 0.3) is 0 Å². The largest absolute Gasteiger partial charge is 0.493 e. The van der Waals surface area contributed by atoms with E-state index < -0.39 is 12.0 Å². The molecule has 0 unspecified atom stereocenters. The fourth-order valence-electron chi connectivity index (χ4n) is 7.54. The van der Waals surface area contributed by atoms with Crippen molar-refractivity contribution in [2.45, 2.75) is 70.9 Å². The van der Waals surface area contributed by atoms with Crippen LogP contribution in [-0.2, 0) is 32.0 Å². The molecule has 1 N–H and O–H groups in total. The van der Waals surface area contributed by atoms with E-state index in [0.29, 0.717) is 66.6 Å². The quantitative estimate of drug-likeness (QED) is 0.0943. The Bertz CT molecular complexity index is 1810. The number of aryl methyl sites for hydroxylation is 2. The van der Waals surface area contributed by atoms with Gasteiger partial charge in [-0.05, 0) is 117 Å². The van der Waals surface area contributed by atoms with E-state index in [0.717, 1.165) is 54.4 Å². The number of hydrogen-bond acceptors (Lipinski definition) is 8. The van der Waals surface area contributed by atoms with Crippen LogP contribution in [0.3, 0.4) is 0 Å². The van der Waals surface area contributed by atoms with Crippen LogP contribution in [0.1, 0.15) is 67.2 Å². The molecule has 1 heterocycles. The standard InChI is InChI=1S/C43H52Cl2N2O9/c1-4-53-42(49)36-23-31(36)26-56-34-21-28(6-5-15-52-3)20-29(22-34)24-47(32-9-10-32)41(48)37-25-46(43(50)51)14-13-35(37)30-7-11-33(12-8-30)54-16-17-55-40-38(44)18-27(2)19-39(40)45/h7-8,11-12,18-22,31-32,35-37H,4-6,9-10,13-17,23-26H2,1-3H3,(H,50,51)/t31-,35+,36+,37-/m0/s1. The van der Waals surface area contributed by atoms with Gasteiger partial charge in [0.2, 0.25) is 5.91 Å². The second kappa shape index (κ2) is 19.3. The number of hydrogen-bond donors (Lipinski definition) is 1. The molecule has 3 fully saturated rings. The van der Waals surface area contributed by atoms with Crippen LogP contribution in [-0.4, -0.2) is 92.2 Å². The van der Waals surface area contributed by atoms with Crippen molar-refractivity contribution in [3.05, 3.63) is 86.9 Å². The van der Waals surface area contributed by atoms with Gasteiger partial charge in [0, 0.05) is 45.3 Å². The Morgan fingerprint density at radius 1 is 0.875 bits per heavy atom. The van der Waals surface area contributed by atoms with Crippen LogP contribution in [0.4, 0.5) is 4.79 Å². The lowest BCUT2D eigenvalue weighted by Gasteiger charge is -2.39. The zero-order valence-corrected chi connectivity index (χ0v) is 33.9. The van der Waals surface area contributed by atoms with E-state index in [1.165, 1.54) is 4.90 Å². The molecule has 0 spiro atoms. The maximum atomic E-state index is 14.7. The van der Waals surface area contributed by atoms with Crippen molar-refractivity contribution in [1.82, 2.24) is 9.80 Å². The zero-order chi connectivity index (χ0) is 39.8. The lowest BCUT2D eigenvalue weighted by Crippen LogP contribution is -2.49. The second-order valence-corrected chi connectivity index (χ2v) is 15.8. The Hall–Kier alpha value is -4.19. The van der Waals surface area contributed by atoms with Crippen LogP contribution in [0, 0.1) is 24.7 Å². The molecule has 2 saturated carbocycles. The van der Waals surface area contributed by atoms with E-state index in [-0.39, 0.29) is 55.4 Å². The molecule has 302 valence electrons. The van der Waals surface area contributed by atoms with Crippen LogP contribution < -0.4 is 14.2 Å². The summed E-state index contributed by atoms with van der Waals surface area (Å²) in [6.45, 7) is 6.48. The fraction of sp³-hybridized carbons (Fsp3) is 0.512. The second-order valence-electron chi connectivity index (χ2n) is 15.0. The molecule has 3 aromatic carbocycles. The number of carbonyl (C=O) groups is 3. The summed E-state index contributed by atoms with van der Waals surface area (Å²) in [5.74, 6) is 0.828. The summed E-state index contributed by atoms with van der Waals surface area (Å²) in [5.41, 5.74) is 3.94. The first-order chi connectivity index (χ1) is 27.0. The van der Waals surface area contributed by atoms with Gasteiger partial charge in [-0.3, -0.25) is 9.59 Å². The van der Waals surface area contributed by atoms with Crippen molar-refractivity contribution >= 4 is 41.2 Å². The van der Waals surface area contributed by atoms with Crippen molar-refractivity contribution in [3.63, 3.8) is 0 Å². The predicted molar refractivity (Wildman–Crippen MR) is 213 cm³/mol. The number of ether oxygens (including phenoxy) is 5. The van der Waals surface area contributed by atoms with E-state index >= 15 is 0 Å². The van der Waals surface area contributed by atoms with Crippen LogP contribution >= 0.6 is 23.2 Å². The molecular formula is C43H52Cl2N2O9. The fourth-order valence-corrected chi connectivity index (χ4v) is 8.24. The average molecular weight is 812 g/mol.